The van der Waals surface area contributed by atoms with Crippen LogP contribution in [0, 0.1) is 10.1 Å². The van der Waals surface area contributed by atoms with E-state index in [0.29, 0.717) is 24.5 Å². The third-order valence-electron chi connectivity index (χ3n) is 8.20. The first kappa shape index (κ1) is 69.2. The van der Waals surface area contributed by atoms with E-state index in [1.165, 1.54) is 36.1 Å². The Hall–Kier alpha value is -7.90. The predicted octanol–water partition coefficient (Wildman–Crippen LogP) is 7.13. The molecule has 5 rings (SSSR count). The molecule has 1 aromatic heterocycles. The fraction of sp³-hybridized carbons (Fsp3) is 0.175. The van der Waals surface area contributed by atoms with Gasteiger partial charge in [-0.1, -0.05) is 46.9 Å². The third-order valence-corrected chi connectivity index (χ3v) is 11.7. The number of carboxylic acids is 3. The summed E-state index contributed by atoms with van der Waals surface area (Å²) < 4.78 is 165. The molecule has 5 aromatic rings. The molecule has 0 saturated carbocycles. The monoisotopic (exact) mass is 1280 g/mol. The highest BCUT2D eigenvalue weighted by Crippen LogP contribution is 2.38. The number of halogens is 10. The van der Waals surface area contributed by atoms with Crippen molar-refractivity contribution in [1.82, 2.24) is 24.7 Å². The van der Waals surface area contributed by atoms with Gasteiger partial charge >= 0.3 is 50.9 Å². The molecule has 0 radical (unpaired) electrons. The van der Waals surface area contributed by atoms with E-state index in [1.807, 2.05) is 0 Å². The molecule has 0 bridgehead atoms. The van der Waals surface area contributed by atoms with Crippen LogP contribution in [-0.2, 0) is 35.6 Å². The van der Waals surface area contributed by atoms with E-state index >= 15 is 0 Å². The summed E-state index contributed by atoms with van der Waals surface area (Å²) in [6.07, 6.45) is -4.54. The Morgan fingerprint density at radius 3 is 1.80 bits per heavy atom. The Morgan fingerprint density at radius 2 is 1.35 bits per heavy atom. The zero-order valence-corrected chi connectivity index (χ0v) is 44.5. The number of aromatic nitrogens is 2. The zero-order valence-electron chi connectivity index (χ0n) is 39.7. The lowest BCUT2D eigenvalue weighted by molar-refractivity contribution is -0.385. The number of nitro benzene ring substituents is 1. The normalized spacial score (nSPS) is 11.2. The summed E-state index contributed by atoms with van der Waals surface area (Å²) in [7, 11) is -11.5. The molecular weight excluding hydrogens is 1250 g/mol. The molecule has 9 N–H and O–H groups in total. The van der Waals surface area contributed by atoms with Crippen LogP contribution in [0.4, 0.5) is 47.2 Å². The van der Waals surface area contributed by atoms with Gasteiger partial charge in [0.25, 0.3) is 21.6 Å². The first-order valence-electron chi connectivity index (χ1n) is 20.3. The van der Waals surface area contributed by atoms with Crippen molar-refractivity contribution >= 4 is 104 Å². The lowest BCUT2D eigenvalue weighted by Gasteiger charge is -2.12. The van der Waals surface area contributed by atoms with Gasteiger partial charge < -0.3 is 44.1 Å². The number of aromatic carboxylic acids is 2. The number of ether oxygens (including phenoxy) is 4. The number of methoxy groups -OCH3 is 1. The van der Waals surface area contributed by atoms with E-state index in [4.69, 9.17) is 69.4 Å². The number of urea groups is 1. The zero-order chi connectivity index (χ0) is 62.0. The molecular formula is C40H34Cl3F7N7O21PS2. The van der Waals surface area contributed by atoms with Crippen LogP contribution in [0.5, 0.6) is 29.0 Å². The SMILES string of the molecule is COc1c(Cl)ccc(Cl)c1C(=O)O.CS(=O)(=O)NC(=O)c1cc(Oc2ccc(C(F)(F)F)cc2Cl)ccc1[N+](=O)[O-].O=C(Nc1nc(OC(F)F)cc(OC(F)F)n1)NS(=O)(=O)c1ccccc1C(=O)O.O=C(O)CNCP(=O)(O)O. The molecule has 0 saturated heterocycles. The smallest absolute Gasteiger partial charge is 0.416 e. The third kappa shape index (κ3) is 24.2. The van der Waals surface area contributed by atoms with Gasteiger partial charge in [-0.2, -0.15) is 40.7 Å². The maximum atomic E-state index is 12.7. The van der Waals surface area contributed by atoms with Gasteiger partial charge in [0.15, 0.2) is 5.75 Å². The molecule has 1 heterocycles. The number of carbonyl (C=O) groups is 5. The number of rotatable bonds is 19. The number of hydrogen-bond donors (Lipinski definition) is 9. The van der Waals surface area contributed by atoms with Gasteiger partial charge in [0, 0.05) is 12.1 Å². The van der Waals surface area contributed by atoms with Gasteiger partial charge in [-0.05, 0) is 48.5 Å². The first-order valence-corrected chi connectivity index (χ1v) is 26.6. The van der Waals surface area contributed by atoms with E-state index in [0.717, 1.165) is 36.4 Å². The average Bonchev–Trinajstić information content (AvgIpc) is 3.31. The van der Waals surface area contributed by atoms with Gasteiger partial charge in [0.05, 0.1) is 63.4 Å². The van der Waals surface area contributed by atoms with Crippen molar-refractivity contribution in [1.29, 1.82) is 0 Å². The maximum Gasteiger partial charge on any atom is 0.416 e. The molecule has 0 spiro atoms. The fourth-order valence-electron chi connectivity index (χ4n) is 5.22. The Bertz CT molecular complexity index is 3400. The molecule has 0 atom stereocenters. The van der Waals surface area contributed by atoms with Crippen LogP contribution >= 0.6 is 42.4 Å². The minimum Gasteiger partial charge on any atom is -0.494 e. The number of hydrogen-bond acceptors (Lipinski definition) is 19. The molecule has 0 aliphatic rings. The number of anilines is 1. The lowest BCUT2D eigenvalue weighted by Crippen LogP contribution is -2.35. The molecule has 0 aliphatic carbocycles. The maximum absolute atomic E-state index is 12.7. The largest absolute Gasteiger partial charge is 0.494 e. The topological polar surface area (TPSA) is 426 Å². The van der Waals surface area contributed by atoms with Crippen LogP contribution in [0.1, 0.15) is 36.6 Å². The molecule has 442 valence electrons. The number of nitro groups is 1. The summed E-state index contributed by atoms with van der Waals surface area (Å²) >= 11 is 17.1. The van der Waals surface area contributed by atoms with Crippen LogP contribution in [-0.4, -0.2) is 126 Å². The van der Waals surface area contributed by atoms with Crippen molar-refractivity contribution < 1.29 is 125 Å². The minimum absolute atomic E-state index is 0.0849. The van der Waals surface area contributed by atoms with Crippen LogP contribution in [0.25, 0.3) is 0 Å². The van der Waals surface area contributed by atoms with Gasteiger partial charge in [0.1, 0.15) is 27.5 Å². The number of carbonyl (C=O) groups excluding carboxylic acids is 2. The Balaban J connectivity index is 0.000000403. The van der Waals surface area contributed by atoms with E-state index in [9.17, 15) is 86.2 Å². The van der Waals surface area contributed by atoms with Gasteiger partial charge in [-0.3, -0.25) is 34.9 Å². The number of nitrogens with one attached hydrogen (secondary N) is 4. The van der Waals surface area contributed by atoms with Gasteiger partial charge in [-0.25, -0.2) is 40.7 Å². The Morgan fingerprint density at radius 1 is 0.778 bits per heavy atom. The van der Waals surface area contributed by atoms with Crippen LogP contribution in [0.2, 0.25) is 15.1 Å². The molecule has 3 amide bonds. The predicted molar refractivity (Wildman–Crippen MR) is 262 cm³/mol. The summed E-state index contributed by atoms with van der Waals surface area (Å²) in [6, 6.07) is 11.2. The van der Waals surface area contributed by atoms with E-state index in [1.54, 1.807) is 10.0 Å². The number of nitrogens with zero attached hydrogens (tertiary/aromatic N) is 3. The van der Waals surface area contributed by atoms with Gasteiger partial charge in [0.2, 0.25) is 27.7 Å². The molecule has 4 aromatic carbocycles. The number of carboxylic acid groups (broad SMARTS) is 3. The van der Waals surface area contributed by atoms with E-state index < -0.39 is 145 Å². The summed E-state index contributed by atoms with van der Waals surface area (Å²) in [6.45, 7) is -7.26. The standard InChI is InChI=1S/C15H10ClF3N2O6S.C14H10F4N4O7S.C8H6Cl2O3.C3H8NO5P/c1-28(25,26)20-14(22)10-7-9(3-4-12(10)21(23)24)27-13-5-2-8(6-11(13)16)15(17,18)19;15-11(16)28-8-5-9(29-12(17)18)20-13(19-8)21-14(25)22-30(26,27)7-4-2-1-3-6(7)10(23)24;1-13-7-5(10)3-2-4(9)6(7)8(11)12;5-3(6)1-4-2-10(7,8)9/h2-7H,1H3,(H,20,22);1-5,11-12H,(H,23,24)(H2,19,20,21,22,25);2-3H,1H3,(H,11,12);4H,1-2H2,(H,5,6)(H2,7,8,9). The number of alkyl halides is 7. The molecule has 0 aliphatic heterocycles. The van der Waals surface area contributed by atoms with E-state index in [-0.39, 0.29) is 32.9 Å². The lowest BCUT2D eigenvalue weighted by atomic mass is 10.1. The average molecular weight is 1280 g/mol. The van der Waals surface area contributed by atoms with Crippen LogP contribution < -0.4 is 39.0 Å². The Kier molecular flexibility index (Phi) is 25.7. The van der Waals surface area contributed by atoms with Crippen molar-refractivity contribution in [3.05, 3.63) is 126 Å². The van der Waals surface area contributed by atoms with Crippen molar-refractivity contribution in [2.75, 3.05) is 31.5 Å². The highest BCUT2D eigenvalue weighted by Gasteiger charge is 2.32. The number of amides is 3. The second-order valence-electron chi connectivity index (χ2n) is 14.3. The Labute approximate surface area is 463 Å². The minimum atomic E-state index is -4.71. The van der Waals surface area contributed by atoms with Crippen molar-refractivity contribution in [3.63, 3.8) is 0 Å². The quantitative estimate of drug-likeness (QED) is 0.0172. The van der Waals surface area contributed by atoms with Gasteiger partial charge in [-0.15, -0.1) is 0 Å². The summed E-state index contributed by atoms with van der Waals surface area (Å²) in [5.41, 5.74) is -3.10. The van der Waals surface area contributed by atoms with Crippen molar-refractivity contribution in [3.8, 4) is 29.0 Å². The molecule has 0 unspecified atom stereocenters. The molecule has 0 fully saturated rings. The summed E-state index contributed by atoms with van der Waals surface area (Å²) in [5.74, 6) is -8.36. The summed E-state index contributed by atoms with van der Waals surface area (Å²) in [4.78, 5) is 87.9. The number of benzene rings is 4. The van der Waals surface area contributed by atoms with Crippen LogP contribution in [0.3, 0.4) is 0 Å². The van der Waals surface area contributed by atoms with Crippen LogP contribution in [0.15, 0.2) is 83.8 Å². The molecule has 41 heteroatoms. The number of sulfonamides is 2. The van der Waals surface area contributed by atoms with Crippen molar-refractivity contribution in [2.24, 2.45) is 0 Å². The molecule has 28 nitrogen and oxygen atoms in total. The second-order valence-corrected chi connectivity index (χ2v) is 20.5. The van der Waals surface area contributed by atoms with Crippen molar-refractivity contribution in [2.45, 2.75) is 24.3 Å². The summed E-state index contributed by atoms with van der Waals surface area (Å²) in [5, 5.41) is 40.6. The first-order chi connectivity index (χ1) is 37.2. The fourth-order valence-corrected chi connectivity index (χ4v) is 7.86. The van der Waals surface area contributed by atoms with E-state index in [2.05, 4.69) is 24.8 Å². The second kappa shape index (κ2) is 30.1. The number of aliphatic carboxylic acids is 1. The molecule has 81 heavy (non-hydrogen) atoms. The highest BCUT2D eigenvalue weighted by molar-refractivity contribution is 7.90. The highest BCUT2D eigenvalue weighted by atomic mass is 35.5.